The third kappa shape index (κ3) is 3.15. The van der Waals surface area contributed by atoms with Crippen LogP contribution in [0.15, 0.2) is 46.9 Å². The van der Waals surface area contributed by atoms with E-state index in [1.54, 1.807) is 43.3 Å². The number of hydrogen-bond acceptors (Lipinski definition) is 4. The maximum Gasteiger partial charge on any atom is 0.287 e. The van der Waals surface area contributed by atoms with Gasteiger partial charge in [-0.2, -0.15) is 0 Å². The summed E-state index contributed by atoms with van der Waals surface area (Å²) in [7, 11) is 0. The molecule has 20 heavy (non-hydrogen) atoms. The highest BCUT2D eigenvalue weighted by Crippen LogP contribution is 2.36. The minimum absolute atomic E-state index is 0.0527. The lowest BCUT2D eigenvalue weighted by Crippen LogP contribution is -1.93. The molecule has 0 aromatic heterocycles. The Morgan fingerprint density at radius 1 is 1.25 bits per heavy atom. The average molecular weight is 338 g/mol. The van der Waals surface area contributed by atoms with Crippen molar-refractivity contribution in [2.24, 2.45) is 0 Å². The van der Waals surface area contributed by atoms with Gasteiger partial charge >= 0.3 is 0 Å². The van der Waals surface area contributed by atoms with Crippen LogP contribution in [0, 0.1) is 10.1 Å². The van der Waals surface area contributed by atoms with Crippen LogP contribution in [0.25, 0.3) is 0 Å². The summed E-state index contributed by atoms with van der Waals surface area (Å²) >= 11 is 3.17. The SMILES string of the molecule is CC(O)c1ccc(Oc2cccc([N+](=O)[O-])c2Br)cc1. The van der Waals surface area contributed by atoms with Crippen molar-refractivity contribution in [2.75, 3.05) is 0 Å². The Balaban J connectivity index is 2.26. The number of rotatable bonds is 4. The zero-order chi connectivity index (χ0) is 14.7. The monoisotopic (exact) mass is 337 g/mol. The fourth-order valence-electron chi connectivity index (χ4n) is 1.66. The summed E-state index contributed by atoms with van der Waals surface area (Å²) in [4.78, 5) is 10.4. The average Bonchev–Trinajstić information content (AvgIpc) is 2.41. The summed E-state index contributed by atoms with van der Waals surface area (Å²) in [6, 6.07) is 11.5. The highest BCUT2D eigenvalue weighted by Gasteiger charge is 2.16. The van der Waals surface area contributed by atoms with Crippen LogP contribution in [-0.4, -0.2) is 10.0 Å². The van der Waals surface area contributed by atoms with Crippen molar-refractivity contribution >= 4 is 21.6 Å². The summed E-state index contributed by atoms with van der Waals surface area (Å²) in [5, 5.41) is 20.3. The molecule has 0 fully saturated rings. The van der Waals surface area contributed by atoms with E-state index in [1.807, 2.05) is 0 Å². The van der Waals surface area contributed by atoms with E-state index in [1.165, 1.54) is 6.07 Å². The molecule has 0 aliphatic heterocycles. The quantitative estimate of drug-likeness (QED) is 0.670. The third-order valence-electron chi connectivity index (χ3n) is 2.73. The Bertz CT molecular complexity index is 626. The van der Waals surface area contributed by atoms with Gasteiger partial charge in [0, 0.05) is 6.07 Å². The lowest BCUT2D eigenvalue weighted by molar-refractivity contribution is -0.385. The summed E-state index contributed by atoms with van der Waals surface area (Å²) in [6.07, 6.45) is -0.548. The maximum absolute atomic E-state index is 10.8. The Labute approximate surface area is 124 Å². The second-order valence-corrected chi connectivity index (χ2v) is 4.99. The smallest absolute Gasteiger partial charge is 0.287 e. The van der Waals surface area contributed by atoms with Crippen LogP contribution in [0.5, 0.6) is 11.5 Å². The molecule has 0 heterocycles. The molecule has 6 heteroatoms. The van der Waals surface area contributed by atoms with E-state index in [0.29, 0.717) is 16.0 Å². The molecule has 5 nitrogen and oxygen atoms in total. The molecule has 0 bridgehead atoms. The number of benzene rings is 2. The van der Waals surface area contributed by atoms with E-state index >= 15 is 0 Å². The van der Waals surface area contributed by atoms with Crippen molar-refractivity contribution in [1.82, 2.24) is 0 Å². The fourth-order valence-corrected chi connectivity index (χ4v) is 2.15. The Kier molecular flexibility index (Phi) is 4.36. The van der Waals surface area contributed by atoms with Crippen LogP contribution >= 0.6 is 15.9 Å². The molecule has 0 aliphatic carbocycles. The van der Waals surface area contributed by atoms with Crippen LogP contribution in [0.2, 0.25) is 0 Å². The van der Waals surface area contributed by atoms with Crippen LogP contribution in [0.4, 0.5) is 5.69 Å². The Morgan fingerprint density at radius 3 is 2.45 bits per heavy atom. The number of aliphatic hydroxyl groups excluding tert-OH is 1. The van der Waals surface area contributed by atoms with Crippen molar-refractivity contribution in [1.29, 1.82) is 0 Å². The molecular weight excluding hydrogens is 326 g/mol. The van der Waals surface area contributed by atoms with Crippen LogP contribution in [-0.2, 0) is 0 Å². The molecule has 2 rings (SSSR count). The summed E-state index contributed by atoms with van der Waals surface area (Å²) in [6.45, 7) is 1.67. The summed E-state index contributed by atoms with van der Waals surface area (Å²) in [5.74, 6) is 0.902. The van der Waals surface area contributed by atoms with Gasteiger partial charge in [0.1, 0.15) is 16.0 Å². The van der Waals surface area contributed by atoms with Crippen LogP contribution < -0.4 is 4.74 Å². The second-order valence-electron chi connectivity index (χ2n) is 4.19. The second kappa shape index (κ2) is 6.02. The highest BCUT2D eigenvalue weighted by atomic mass is 79.9. The van der Waals surface area contributed by atoms with E-state index < -0.39 is 11.0 Å². The van der Waals surface area contributed by atoms with Gasteiger partial charge in [0.2, 0.25) is 0 Å². The fraction of sp³-hybridized carbons (Fsp3) is 0.143. The summed E-state index contributed by atoms with van der Waals surface area (Å²) in [5.41, 5.74) is 0.721. The molecule has 1 N–H and O–H groups in total. The number of hydrogen-bond donors (Lipinski definition) is 1. The van der Waals surface area contributed by atoms with E-state index in [2.05, 4.69) is 15.9 Å². The van der Waals surface area contributed by atoms with Crippen molar-refractivity contribution in [2.45, 2.75) is 13.0 Å². The first-order valence-electron chi connectivity index (χ1n) is 5.88. The van der Waals surface area contributed by atoms with Crippen molar-refractivity contribution in [3.05, 3.63) is 62.6 Å². The molecule has 0 spiro atoms. The van der Waals surface area contributed by atoms with E-state index in [9.17, 15) is 15.2 Å². The van der Waals surface area contributed by atoms with Gasteiger partial charge in [-0.05, 0) is 46.6 Å². The molecule has 104 valence electrons. The normalized spacial score (nSPS) is 11.9. The maximum atomic E-state index is 10.8. The van der Waals surface area contributed by atoms with Crippen LogP contribution in [0.1, 0.15) is 18.6 Å². The molecule has 0 saturated carbocycles. The van der Waals surface area contributed by atoms with Gasteiger partial charge in [-0.1, -0.05) is 18.2 Å². The molecular formula is C14H12BrNO4. The molecule has 2 aromatic rings. The molecule has 0 radical (unpaired) electrons. The zero-order valence-electron chi connectivity index (χ0n) is 10.6. The third-order valence-corrected chi connectivity index (χ3v) is 3.53. The first kappa shape index (κ1) is 14.5. The van der Waals surface area contributed by atoms with Gasteiger partial charge in [0.25, 0.3) is 5.69 Å². The molecule has 0 amide bonds. The van der Waals surface area contributed by atoms with Gasteiger partial charge in [0.05, 0.1) is 11.0 Å². The summed E-state index contributed by atoms with van der Waals surface area (Å²) < 4.78 is 5.90. The van der Waals surface area contributed by atoms with Gasteiger partial charge in [-0.3, -0.25) is 10.1 Å². The topological polar surface area (TPSA) is 72.6 Å². The van der Waals surface area contributed by atoms with Crippen LogP contribution in [0.3, 0.4) is 0 Å². The standard InChI is InChI=1S/C14H12BrNO4/c1-9(17)10-5-7-11(8-6-10)20-13-4-2-3-12(14(13)15)16(18)19/h2-9,17H,1H3. The van der Waals surface area contributed by atoms with Gasteiger partial charge < -0.3 is 9.84 Å². The first-order chi connectivity index (χ1) is 9.49. The first-order valence-corrected chi connectivity index (χ1v) is 6.67. The van der Waals surface area contributed by atoms with Crippen molar-refractivity contribution in [3.63, 3.8) is 0 Å². The number of halogens is 1. The van der Waals surface area contributed by atoms with Crippen molar-refractivity contribution in [3.8, 4) is 11.5 Å². The Hall–Kier alpha value is -1.92. The predicted molar refractivity (Wildman–Crippen MR) is 77.9 cm³/mol. The zero-order valence-corrected chi connectivity index (χ0v) is 12.2. The molecule has 0 aliphatic rings. The molecule has 1 unspecified atom stereocenters. The van der Waals surface area contributed by atoms with Gasteiger partial charge in [-0.25, -0.2) is 0 Å². The molecule has 1 atom stereocenters. The number of nitrogens with zero attached hydrogens (tertiary/aromatic N) is 1. The van der Waals surface area contributed by atoms with E-state index in [-0.39, 0.29) is 5.69 Å². The highest BCUT2D eigenvalue weighted by molar-refractivity contribution is 9.10. The number of nitro benzene ring substituents is 1. The van der Waals surface area contributed by atoms with E-state index in [0.717, 1.165) is 5.56 Å². The molecule has 2 aromatic carbocycles. The van der Waals surface area contributed by atoms with Crippen molar-refractivity contribution < 1.29 is 14.8 Å². The minimum Gasteiger partial charge on any atom is -0.456 e. The Morgan fingerprint density at radius 2 is 1.90 bits per heavy atom. The van der Waals surface area contributed by atoms with E-state index in [4.69, 9.17) is 4.74 Å². The minimum atomic E-state index is -0.548. The molecule has 0 saturated heterocycles. The lowest BCUT2D eigenvalue weighted by atomic mass is 10.1. The number of aliphatic hydroxyl groups is 1. The predicted octanol–water partition coefficient (Wildman–Crippen LogP) is 4.20. The number of nitro groups is 1. The number of ether oxygens (including phenoxy) is 1. The largest absolute Gasteiger partial charge is 0.456 e. The van der Waals surface area contributed by atoms with Gasteiger partial charge in [-0.15, -0.1) is 0 Å². The van der Waals surface area contributed by atoms with Gasteiger partial charge in [0.15, 0.2) is 0 Å². The lowest BCUT2D eigenvalue weighted by Gasteiger charge is -2.09.